The summed E-state index contributed by atoms with van der Waals surface area (Å²) in [5.74, 6) is 0. The van der Waals surface area contributed by atoms with E-state index in [-0.39, 0.29) is 0 Å². The van der Waals surface area contributed by atoms with E-state index in [1.54, 1.807) is 0 Å². The standard InChI is InChI=1S/C9H11FN2O4/c1-4-7(14)6(10)8(16-4)12-3-2-5(13)11-9(12)15/h2-4,6-8,14H,1H3,(H,11,13,15)/t4-,6-,7-,8-/m1/s1. The minimum atomic E-state index is -1.70. The zero-order valence-corrected chi connectivity index (χ0v) is 8.46. The van der Waals surface area contributed by atoms with Gasteiger partial charge in [-0.1, -0.05) is 0 Å². The van der Waals surface area contributed by atoms with Gasteiger partial charge < -0.3 is 9.84 Å². The average Bonchev–Trinajstić information content (AvgIpc) is 2.46. The van der Waals surface area contributed by atoms with E-state index in [1.165, 1.54) is 6.92 Å². The number of nitrogens with zero attached hydrogens (tertiary/aromatic N) is 1. The van der Waals surface area contributed by atoms with Crippen LogP contribution in [0.15, 0.2) is 21.9 Å². The quantitative estimate of drug-likeness (QED) is 0.658. The Kier molecular flexibility index (Phi) is 2.64. The molecule has 2 rings (SSSR count). The lowest BCUT2D eigenvalue weighted by Gasteiger charge is -2.14. The molecule has 6 nitrogen and oxygen atoms in total. The molecule has 2 heterocycles. The molecule has 2 N–H and O–H groups in total. The van der Waals surface area contributed by atoms with Gasteiger partial charge in [-0.3, -0.25) is 14.3 Å². The smallest absolute Gasteiger partial charge is 0.330 e. The second-order valence-electron chi connectivity index (χ2n) is 3.68. The van der Waals surface area contributed by atoms with Crippen molar-refractivity contribution in [2.45, 2.75) is 31.5 Å². The van der Waals surface area contributed by atoms with Crippen molar-refractivity contribution in [3.8, 4) is 0 Å². The largest absolute Gasteiger partial charge is 0.387 e. The van der Waals surface area contributed by atoms with Crippen molar-refractivity contribution < 1.29 is 14.2 Å². The second-order valence-corrected chi connectivity index (χ2v) is 3.68. The maximum atomic E-state index is 13.6. The molecular formula is C9H11FN2O4. The zero-order valence-electron chi connectivity index (χ0n) is 8.46. The molecule has 0 bridgehead atoms. The van der Waals surface area contributed by atoms with E-state index in [0.717, 1.165) is 16.8 Å². The van der Waals surface area contributed by atoms with Gasteiger partial charge in [0, 0.05) is 12.3 Å². The molecule has 0 aromatic carbocycles. The Bertz CT molecular complexity index is 497. The number of hydrogen-bond acceptors (Lipinski definition) is 4. The van der Waals surface area contributed by atoms with E-state index in [4.69, 9.17) is 4.74 Å². The highest BCUT2D eigenvalue weighted by atomic mass is 19.1. The normalized spacial score (nSPS) is 34.2. The van der Waals surface area contributed by atoms with E-state index >= 15 is 0 Å². The fraction of sp³-hybridized carbons (Fsp3) is 0.556. The number of aromatic nitrogens is 2. The van der Waals surface area contributed by atoms with Crippen molar-refractivity contribution in [1.29, 1.82) is 0 Å². The average molecular weight is 230 g/mol. The van der Waals surface area contributed by atoms with Crippen molar-refractivity contribution in [3.05, 3.63) is 33.1 Å². The van der Waals surface area contributed by atoms with Gasteiger partial charge in [0.1, 0.15) is 6.10 Å². The molecule has 7 heteroatoms. The minimum Gasteiger partial charge on any atom is -0.387 e. The number of aliphatic hydroxyl groups excluding tert-OH is 1. The molecule has 0 saturated carbocycles. The fourth-order valence-electron chi connectivity index (χ4n) is 1.65. The molecule has 0 unspecified atom stereocenters. The van der Waals surface area contributed by atoms with E-state index in [0.29, 0.717) is 0 Å². The minimum absolute atomic E-state index is 0.566. The Hall–Kier alpha value is -1.47. The Morgan fingerprint density at radius 1 is 1.56 bits per heavy atom. The van der Waals surface area contributed by atoms with Crippen molar-refractivity contribution in [3.63, 3.8) is 0 Å². The van der Waals surface area contributed by atoms with Crippen LogP contribution in [0.4, 0.5) is 4.39 Å². The first-order chi connectivity index (χ1) is 7.50. The van der Waals surface area contributed by atoms with Gasteiger partial charge in [0.05, 0.1) is 6.10 Å². The summed E-state index contributed by atoms with van der Waals surface area (Å²) in [6.45, 7) is 1.51. The van der Waals surface area contributed by atoms with Crippen LogP contribution >= 0.6 is 0 Å². The summed E-state index contributed by atoms with van der Waals surface area (Å²) in [5.41, 5.74) is -1.33. The molecule has 0 amide bonds. The van der Waals surface area contributed by atoms with Crippen LogP contribution in [-0.2, 0) is 4.74 Å². The highest BCUT2D eigenvalue weighted by Gasteiger charge is 2.43. The highest BCUT2D eigenvalue weighted by molar-refractivity contribution is 4.92. The zero-order chi connectivity index (χ0) is 11.9. The molecule has 0 spiro atoms. The molecule has 1 aromatic heterocycles. The van der Waals surface area contributed by atoms with Gasteiger partial charge in [0.25, 0.3) is 5.56 Å². The van der Waals surface area contributed by atoms with Crippen molar-refractivity contribution in [2.75, 3.05) is 0 Å². The number of aromatic amines is 1. The van der Waals surface area contributed by atoms with Gasteiger partial charge >= 0.3 is 5.69 Å². The third-order valence-electron chi connectivity index (χ3n) is 2.56. The van der Waals surface area contributed by atoms with Crippen LogP contribution in [0.5, 0.6) is 0 Å². The van der Waals surface area contributed by atoms with Gasteiger partial charge in [0.15, 0.2) is 12.4 Å². The Balaban J connectivity index is 2.39. The summed E-state index contributed by atoms with van der Waals surface area (Å²) in [6.07, 6.45) is -3.72. The van der Waals surface area contributed by atoms with Crippen LogP contribution < -0.4 is 11.2 Å². The number of alkyl halides is 1. The summed E-state index contributed by atoms with van der Waals surface area (Å²) < 4.78 is 19.6. The van der Waals surface area contributed by atoms with Crippen molar-refractivity contribution in [2.24, 2.45) is 0 Å². The highest BCUT2D eigenvalue weighted by Crippen LogP contribution is 2.30. The lowest BCUT2D eigenvalue weighted by atomic mass is 10.2. The third-order valence-corrected chi connectivity index (χ3v) is 2.56. The Morgan fingerprint density at radius 2 is 2.25 bits per heavy atom. The van der Waals surface area contributed by atoms with Crippen LogP contribution in [0.2, 0.25) is 0 Å². The lowest BCUT2D eigenvalue weighted by molar-refractivity contribution is -0.0185. The number of H-pyrrole nitrogens is 1. The molecule has 0 aliphatic carbocycles. The van der Waals surface area contributed by atoms with Crippen LogP contribution in [-0.4, -0.2) is 33.0 Å². The van der Waals surface area contributed by atoms with Gasteiger partial charge in [-0.25, -0.2) is 9.18 Å². The van der Waals surface area contributed by atoms with Crippen LogP contribution in [0.1, 0.15) is 13.2 Å². The first kappa shape index (κ1) is 11.0. The molecule has 16 heavy (non-hydrogen) atoms. The second kappa shape index (κ2) is 3.84. The van der Waals surface area contributed by atoms with Crippen LogP contribution in [0, 0.1) is 0 Å². The SMILES string of the molecule is C[C@H]1O[C@@H](n2ccc(=O)[nH]c2=O)[C@H](F)[C@@H]1O. The van der Waals surface area contributed by atoms with E-state index in [1.807, 2.05) is 4.98 Å². The summed E-state index contributed by atoms with van der Waals surface area (Å²) in [6, 6.07) is 1.09. The molecule has 0 radical (unpaired) electrons. The summed E-state index contributed by atoms with van der Waals surface area (Å²) in [5, 5.41) is 9.36. The van der Waals surface area contributed by atoms with Gasteiger partial charge in [-0.15, -0.1) is 0 Å². The van der Waals surface area contributed by atoms with Crippen molar-refractivity contribution in [1.82, 2.24) is 9.55 Å². The summed E-state index contributed by atoms with van der Waals surface area (Å²) in [4.78, 5) is 24.2. The molecular weight excluding hydrogens is 219 g/mol. The Labute approximate surface area is 89.3 Å². The monoisotopic (exact) mass is 230 g/mol. The predicted molar refractivity (Wildman–Crippen MR) is 51.8 cm³/mol. The van der Waals surface area contributed by atoms with Crippen LogP contribution in [0.3, 0.4) is 0 Å². The number of hydrogen-bond donors (Lipinski definition) is 2. The molecule has 1 aliphatic rings. The number of nitrogens with one attached hydrogen (secondary N) is 1. The number of halogens is 1. The topological polar surface area (TPSA) is 84.3 Å². The predicted octanol–water partition coefficient (Wildman–Crippen LogP) is -0.847. The van der Waals surface area contributed by atoms with Crippen molar-refractivity contribution >= 4 is 0 Å². The van der Waals surface area contributed by atoms with Gasteiger partial charge in [-0.05, 0) is 6.92 Å². The van der Waals surface area contributed by atoms with Crippen LogP contribution in [0.25, 0.3) is 0 Å². The van der Waals surface area contributed by atoms with Gasteiger partial charge in [0.2, 0.25) is 0 Å². The number of aliphatic hydroxyl groups is 1. The van der Waals surface area contributed by atoms with E-state index < -0.39 is 35.9 Å². The third kappa shape index (κ3) is 1.68. The number of rotatable bonds is 1. The fourth-order valence-corrected chi connectivity index (χ4v) is 1.65. The molecule has 4 atom stereocenters. The maximum absolute atomic E-state index is 13.6. The Morgan fingerprint density at radius 3 is 2.75 bits per heavy atom. The first-order valence-corrected chi connectivity index (χ1v) is 4.80. The first-order valence-electron chi connectivity index (χ1n) is 4.80. The van der Waals surface area contributed by atoms with E-state index in [9.17, 15) is 19.1 Å². The van der Waals surface area contributed by atoms with Gasteiger partial charge in [-0.2, -0.15) is 0 Å². The molecule has 1 aromatic rings. The molecule has 1 saturated heterocycles. The summed E-state index contributed by atoms with van der Waals surface area (Å²) >= 11 is 0. The van der Waals surface area contributed by atoms with E-state index in [2.05, 4.69) is 0 Å². The summed E-state index contributed by atoms with van der Waals surface area (Å²) in [7, 11) is 0. The maximum Gasteiger partial charge on any atom is 0.330 e. The molecule has 1 aliphatic heterocycles. The molecule has 1 fully saturated rings. The molecule has 88 valence electrons. The lowest BCUT2D eigenvalue weighted by Crippen LogP contribution is -2.35. The number of ether oxygens (including phenoxy) is 1.